The summed E-state index contributed by atoms with van der Waals surface area (Å²) in [5, 5.41) is 2.01. The van der Waals surface area contributed by atoms with E-state index in [0.717, 1.165) is 56.9 Å². The van der Waals surface area contributed by atoms with Crippen LogP contribution in [-0.2, 0) is 32.0 Å². The number of para-hydroxylation sites is 2. The molecule has 0 unspecified atom stereocenters. The average molecular weight is 481 g/mol. The summed E-state index contributed by atoms with van der Waals surface area (Å²) in [6.45, 7) is 0. The first kappa shape index (κ1) is 21.1. The molecule has 1 saturated heterocycles. The van der Waals surface area contributed by atoms with Gasteiger partial charge in [-0.1, -0.05) is 36.4 Å². The van der Waals surface area contributed by atoms with Gasteiger partial charge in [-0.2, -0.15) is 0 Å². The minimum Gasteiger partial charge on any atom is -0.356 e. The van der Waals surface area contributed by atoms with Crippen molar-refractivity contribution in [2.24, 2.45) is 0 Å². The van der Waals surface area contributed by atoms with Crippen molar-refractivity contribution in [2.75, 3.05) is 0 Å². The van der Waals surface area contributed by atoms with Gasteiger partial charge in [0, 0.05) is 58.9 Å². The molecule has 0 spiro atoms. The third kappa shape index (κ3) is 2.69. The summed E-state index contributed by atoms with van der Waals surface area (Å²) in [6, 6.07) is 13.2. The number of aromatic nitrogens is 2. The van der Waals surface area contributed by atoms with Crippen LogP contribution in [0.2, 0.25) is 0 Å². The number of amides is 2. The maximum absolute atomic E-state index is 14.2. The quantitative estimate of drug-likeness (QED) is 0.438. The molecule has 8 heteroatoms. The molecule has 3 aliphatic rings. The van der Waals surface area contributed by atoms with Crippen LogP contribution in [0.3, 0.4) is 0 Å². The van der Waals surface area contributed by atoms with Crippen LogP contribution in [0.4, 0.5) is 0 Å². The molecule has 0 radical (unpaired) electrons. The van der Waals surface area contributed by atoms with Crippen molar-refractivity contribution >= 4 is 46.2 Å². The molecule has 0 bridgehead atoms. The fourth-order valence-electron chi connectivity index (χ4n) is 6.76. The average Bonchev–Trinajstić information content (AvgIpc) is 3.46. The number of H-pyrrole nitrogens is 2. The van der Waals surface area contributed by atoms with Crippen LogP contribution in [0.25, 0.3) is 21.8 Å². The number of nitrogens with one attached hydrogen (secondary N) is 2. The second-order valence-corrected chi connectivity index (χ2v) is 9.89. The van der Waals surface area contributed by atoms with Gasteiger partial charge in [0.2, 0.25) is 11.8 Å². The summed E-state index contributed by atoms with van der Waals surface area (Å²) in [4.78, 5) is 62.0. The van der Waals surface area contributed by atoms with Crippen LogP contribution in [0, 0.1) is 0 Å². The summed E-state index contributed by atoms with van der Waals surface area (Å²) in [5.74, 6) is -0.329. The molecule has 0 saturated carbocycles. The molecule has 36 heavy (non-hydrogen) atoms. The van der Waals surface area contributed by atoms with Gasteiger partial charge >= 0.3 is 0 Å². The van der Waals surface area contributed by atoms with E-state index in [1.165, 1.54) is 0 Å². The first-order valence-electron chi connectivity index (χ1n) is 12.3. The third-order valence-electron chi connectivity index (χ3n) is 8.22. The van der Waals surface area contributed by atoms with Gasteiger partial charge in [-0.3, -0.25) is 9.59 Å². The number of hydrogen-bond acceptors (Lipinski definition) is 4. The van der Waals surface area contributed by atoms with Crippen LogP contribution >= 0.6 is 0 Å². The van der Waals surface area contributed by atoms with Gasteiger partial charge < -0.3 is 29.4 Å². The highest BCUT2D eigenvalue weighted by molar-refractivity contribution is 6.01. The Balaban J connectivity index is 1.39. The largest absolute Gasteiger partial charge is 0.356 e. The van der Waals surface area contributed by atoms with Gasteiger partial charge in [0.1, 0.15) is 24.7 Å². The Hall–Kier alpha value is -4.20. The molecular formula is C28H24N4O4. The molecule has 4 atom stereocenters. The molecule has 1 fully saturated rings. The second-order valence-electron chi connectivity index (χ2n) is 9.89. The van der Waals surface area contributed by atoms with Gasteiger partial charge in [0.25, 0.3) is 0 Å². The van der Waals surface area contributed by atoms with E-state index >= 15 is 0 Å². The van der Waals surface area contributed by atoms with Crippen molar-refractivity contribution in [3.8, 4) is 0 Å². The van der Waals surface area contributed by atoms with E-state index in [1.54, 1.807) is 9.80 Å². The molecule has 2 aromatic heterocycles. The van der Waals surface area contributed by atoms with Gasteiger partial charge in [0.05, 0.1) is 12.1 Å². The highest BCUT2D eigenvalue weighted by Gasteiger charge is 2.55. The van der Waals surface area contributed by atoms with Crippen LogP contribution in [0.1, 0.15) is 47.4 Å². The monoisotopic (exact) mass is 480 g/mol. The Morgan fingerprint density at radius 1 is 0.694 bits per heavy atom. The summed E-state index contributed by atoms with van der Waals surface area (Å²) >= 11 is 0. The van der Waals surface area contributed by atoms with E-state index in [9.17, 15) is 19.2 Å². The number of hydrogen-bond donors (Lipinski definition) is 2. The maximum atomic E-state index is 14.2. The second kappa shape index (κ2) is 7.65. The van der Waals surface area contributed by atoms with Crippen molar-refractivity contribution in [2.45, 2.75) is 49.9 Å². The zero-order chi connectivity index (χ0) is 24.6. The van der Waals surface area contributed by atoms with Crippen molar-refractivity contribution in [3.63, 3.8) is 0 Å². The lowest BCUT2D eigenvalue weighted by Gasteiger charge is -2.53. The van der Waals surface area contributed by atoms with E-state index < -0.39 is 24.2 Å². The van der Waals surface area contributed by atoms with Crippen LogP contribution in [0.15, 0.2) is 48.5 Å². The first-order chi connectivity index (χ1) is 17.6. The van der Waals surface area contributed by atoms with E-state index in [0.29, 0.717) is 12.8 Å². The summed E-state index contributed by atoms with van der Waals surface area (Å²) < 4.78 is 0. The molecular weight excluding hydrogens is 456 g/mol. The zero-order valence-electron chi connectivity index (χ0n) is 19.4. The van der Waals surface area contributed by atoms with Crippen molar-refractivity contribution in [3.05, 3.63) is 71.0 Å². The first-order valence-corrected chi connectivity index (χ1v) is 12.3. The molecule has 7 rings (SSSR count). The molecule has 5 heterocycles. The van der Waals surface area contributed by atoms with Crippen molar-refractivity contribution in [1.29, 1.82) is 0 Å². The fourth-order valence-corrected chi connectivity index (χ4v) is 6.76. The molecule has 2 aromatic carbocycles. The van der Waals surface area contributed by atoms with E-state index in [4.69, 9.17) is 0 Å². The lowest BCUT2D eigenvalue weighted by Crippen LogP contribution is -2.69. The van der Waals surface area contributed by atoms with Crippen LogP contribution in [0.5, 0.6) is 0 Å². The number of aromatic amines is 2. The number of carbonyl (C=O) groups excluding carboxylic acids is 4. The van der Waals surface area contributed by atoms with Crippen LogP contribution in [-0.4, -0.2) is 56.2 Å². The summed E-state index contributed by atoms with van der Waals surface area (Å²) in [5.41, 5.74) is 5.48. The number of aldehydes is 2. The molecule has 3 aliphatic heterocycles. The predicted molar refractivity (Wildman–Crippen MR) is 132 cm³/mol. The van der Waals surface area contributed by atoms with Crippen LogP contribution < -0.4 is 0 Å². The Bertz CT molecular complexity index is 1460. The number of rotatable bonds is 4. The number of nitrogens with zero attached hydrogens (tertiary/aromatic N) is 2. The SMILES string of the molecule is O=CC[C@H]1c2[nH]c3ccccc3c2C[C@H]2C(=O)N3[C@@H](Cc4c([nH]c5ccccc45)[C@@H]3CC=O)C(=O)N21. The highest BCUT2D eigenvalue weighted by atomic mass is 16.2. The Labute approximate surface area is 206 Å². The normalized spacial score (nSPS) is 24.9. The molecule has 2 amide bonds. The minimum absolute atomic E-state index is 0.109. The van der Waals surface area contributed by atoms with Crippen molar-refractivity contribution < 1.29 is 19.2 Å². The maximum Gasteiger partial charge on any atom is 0.247 e. The Kier molecular flexibility index (Phi) is 4.49. The lowest BCUT2D eigenvalue weighted by molar-refractivity contribution is -0.170. The molecule has 8 nitrogen and oxygen atoms in total. The van der Waals surface area contributed by atoms with E-state index in [-0.39, 0.29) is 24.7 Å². The summed E-state index contributed by atoms with van der Waals surface area (Å²) in [6.07, 6.45) is 2.60. The topological polar surface area (TPSA) is 106 Å². The molecule has 0 aliphatic carbocycles. The number of piperazine rings is 1. The minimum atomic E-state index is -0.717. The highest BCUT2D eigenvalue weighted by Crippen LogP contribution is 2.46. The van der Waals surface area contributed by atoms with E-state index in [2.05, 4.69) is 9.97 Å². The third-order valence-corrected chi connectivity index (χ3v) is 8.22. The van der Waals surface area contributed by atoms with Gasteiger partial charge in [-0.15, -0.1) is 0 Å². The Morgan fingerprint density at radius 3 is 1.53 bits per heavy atom. The van der Waals surface area contributed by atoms with E-state index in [1.807, 2.05) is 48.5 Å². The van der Waals surface area contributed by atoms with Gasteiger partial charge in [0.15, 0.2) is 0 Å². The number of carbonyl (C=O) groups is 4. The Morgan fingerprint density at radius 2 is 1.11 bits per heavy atom. The molecule has 180 valence electrons. The van der Waals surface area contributed by atoms with Gasteiger partial charge in [-0.25, -0.2) is 0 Å². The smallest absolute Gasteiger partial charge is 0.247 e. The predicted octanol–water partition coefficient (Wildman–Crippen LogP) is 3.13. The number of fused-ring (bicyclic) bond motifs is 8. The van der Waals surface area contributed by atoms with Crippen molar-refractivity contribution in [1.82, 2.24) is 19.8 Å². The summed E-state index contributed by atoms with van der Waals surface area (Å²) in [7, 11) is 0. The zero-order valence-corrected chi connectivity index (χ0v) is 19.4. The fraction of sp³-hybridized carbons (Fsp3) is 0.286. The number of benzene rings is 2. The standard InChI is InChI=1S/C28H24N4O4/c33-11-9-21-25-17(15-5-1-3-7-19(15)29-25)13-23-27(35)32-22(10-12-34)26-18(14-24(32)28(36)31(21)23)16-6-2-4-8-20(16)30-26/h1-8,11-12,21-24,29-30H,9-10,13-14H2/t21-,22-,23-,24-/m0/s1. The van der Waals surface area contributed by atoms with Gasteiger partial charge in [-0.05, 0) is 23.3 Å². The lowest BCUT2D eigenvalue weighted by atomic mass is 9.82. The molecule has 4 aromatic rings. The molecule has 2 N–H and O–H groups in total.